The normalized spacial score (nSPS) is 35.7. The van der Waals surface area contributed by atoms with Gasteiger partial charge in [-0.15, -0.1) is 0 Å². The van der Waals surface area contributed by atoms with E-state index in [0.29, 0.717) is 0 Å². The number of allylic oxidation sites excluding steroid dienone is 2. The third-order valence-electron chi connectivity index (χ3n) is 4.40. The minimum absolute atomic E-state index is 0.836. The number of rotatable bonds is 5. The van der Waals surface area contributed by atoms with E-state index in [9.17, 15) is 0 Å². The van der Waals surface area contributed by atoms with Crippen molar-refractivity contribution < 1.29 is 0 Å². The average molecular weight is 208 g/mol. The molecular weight excluding hydrogens is 180 g/mol. The maximum Gasteiger partial charge on any atom is -0.0205 e. The van der Waals surface area contributed by atoms with Crippen molar-refractivity contribution in [2.75, 3.05) is 0 Å². The van der Waals surface area contributed by atoms with Crippen LogP contribution in [0.4, 0.5) is 0 Å². The summed E-state index contributed by atoms with van der Waals surface area (Å²) < 4.78 is 0. The molecule has 1 aliphatic carbocycles. The standard InChI is InChI=1S/C15H28/c1-5-7-8-9-15-11-10-14(6-2)12(3)13(15)4/h10-15H,5-9H2,1-4H3. The maximum absolute atomic E-state index is 2.51. The van der Waals surface area contributed by atoms with Gasteiger partial charge in [-0.3, -0.25) is 0 Å². The molecule has 0 nitrogen and oxygen atoms in total. The highest BCUT2D eigenvalue weighted by atomic mass is 14.3. The Bertz CT molecular complexity index is 192. The Kier molecular flexibility index (Phi) is 5.42. The molecular formula is C15H28. The fourth-order valence-corrected chi connectivity index (χ4v) is 2.91. The Morgan fingerprint density at radius 1 is 0.867 bits per heavy atom. The molecule has 0 aromatic carbocycles. The van der Waals surface area contributed by atoms with E-state index in [2.05, 4.69) is 39.8 Å². The SMILES string of the molecule is CCCCCC1C=CC(CC)C(C)C1C. The first kappa shape index (κ1) is 12.8. The second-order valence-corrected chi connectivity index (χ2v) is 5.33. The van der Waals surface area contributed by atoms with Gasteiger partial charge >= 0.3 is 0 Å². The van der Waals surface area contributed by atoms with Gasteiger partial charge in [0.1, 0.15) is 0 Å². The van der Waals surface area contributed by atoms with Crippen LogP contribution in [0.25, 0.3) is 0 Å². The van der Waals surface area contributed by atoms with E-state index in [1.165, 1.54) is 32.1 Å². The zero-order valence-electron chi connectivity index (χ0n) is 11.0. The van der Waals surface area contributed by atoms with E-state index >= 15 is 0 Å². The molecule has 0 heterocycles. The number of unbranched alkanes of at least 4 members (excludes halogenated alkanes) is 2. The highest BCUT2D eigenvalue weighted by Gasteiger charge is 2.28. The molecule has 15 heavy (non-hydrogen) atoms. The van der Waals surface area contributed by atoms with Gasteiger partial charge in [0.15, 0.2) is 0 Å². The molecule has 0 fully saturated rings. The molecule has 1 rings (SSSR count). The molecule has 0 radical (unpaired) electrons. The van der Waals surface area contributed by atoms with E-state index in [1.807, 2.05) is 0 Å². The van der Waals surface area contributed by atoms with E-state index in [0.717, 1.165) is 23.7 Å². The molecule has 0 heteroatoms. The second kappa shape index (κ2) is 6.35. The quantitative estimate of drug-likeness (QED) is 0.438. The molecule has 0 aromatic heterocycles. The zero-order valence-corrected chi connectivity index (χ0v) is 11.0. The van der Waals surface area contributed by atoms with Crippen molar-refractivity contribution >= 4 is 0 Å². The smallest absolute Gasteiger partial charge is 0.0205 e. The average Bonchev–Trinajstić information content (AvgIpc) is 2.25. The van der Waals surface area contributed by atoms with Crippen molar-refractivity contribution in [3.05, 3.63) is 12.2 Å². The first-order valence-corrected chi connectivity index (χ1v) is 6.89. The Hall–Kier alpha value is -0.260. The fraction of sp³-hybridized carbons (Fsp3) is 0.867. The lowest BCUT2D eigenvalue weighted by atomic mass is 9.70. The third kappa shape index (κ3) is 3.36. The lowest BCUT2D eigenvalue weighted by Gasteiger charge is -2.35. The van der Waals surface area contributed by atoms with Crippen LogP contribution in [0.5, 0.6) is 0 Å². The Labute approximate surface area is 96.2 Å². The molecule has 88 valence electrons. The van der Waals surface area contributed by atoms with Gasteiger partial charge in [0.05, 0.1) is 0 Å². The van der Waals surface area contributed by atoms with E-state index in [4.69, 9.17) is 0 Å². The summed E-state index contributed by atoms with van der Waals surface area (Å²) in [4.78, 5) is 0. The van der Waals surface area contributed by atoms with Gasteiger partial charge in [0.2, 0.25) is 0 Å². The van der Waals surface area contributed by atoms with Crippen molar-refractivity contribution in [3.8, 4) is 0 Å². The van der Waals surface area contributed by atoms with Crippen molar-refractivity contribution in [3.63, 3.8) is 0 Å². The van der Waals surface area contributed by atoms with Crippen LogP contribution in [0.3, 0.4) is 0 Å². The lowest BCUT2D eigenvalue weighted by Crippen LogP contribution is -2.27. The summed E-state index contributed by atoms with van der Waals surface area (Å²) in [6, 6.07) is 0. The molecule has 0 N–H and O–H groups in total. The number of hydrogen-bond acceptors (Lipinski definition) is 0. The second-order valence-electron chi connectivity index (χ2n) is 5.33. The highest BCUT2D eigenvalue weighted by Crippen LogP contribution is 2.37. The topological polar surface area (TPSA) is 0 Å². The predicted molar refractivity (Wildman–Crippen MR) is 68.9 cm³/mol. The summed E-state index contributed by atoms with van der Waals surface area (Å²) in [5.41, 5.74) is 0. The molecule has 4 unspecified atom stereocenters. The van der Waals surface area contributed by atoms with Crippen molar-refractivity contribution in [1.82, 2.24) is 0 Å². The van der Waals surface area contributed by atoms with Crippen LogP contribution in [-0.2, 0) is 0 Å². The van der Waals surface area contributed by atoms with Gasteiger partial charge in [-0.05, 0) is 36.5 Å². The van der Waals surface area contributed by atoms with Crippen LogP contribution >= 0.6 is 0 Å². The minimum Gasteiger partial charge on any atom is -0.0849 e. The summed E-state index contributed by atoms with van der Waals surface area (Å²) >= 11 is 0. The molecule has 0 saturated carbocycles. The first-order chi connectivity index (χ1) is 7.20. The monoisotopic (exact) mass is 208 g/mol. The van der Waals surface area contributed by atoms with Gasteiger partial charge < -0.3 is 0 Å². The lowest BCUT2D eigenvalue weighted by molar-refractivity contribution is 0.213. The highest BCUT2D eigenvalue weighted by molar-refractivity contribution is 5.02. The molecule has 0 aliphatic heterocycles. The van der Waals surface area contributed by atoms with Gasteiger partial charge in [-0.25, -0.2) is 0 Å². The van der Waals surface area contributed by atoms with E-state index in [1.54, 1.807) is 0 Å². The summed E-state index contributed by atoms with van der Waals surface area (Å²) in [7, 11) is 0. The molecule has 0 aromatic rings. The molecule has 1 aliphatic rings. The van der Waals surface area contributed by atoms with Crippen molar-refractivity contribution in [1.29, 1.82) is 0 Å². The van der Waals surface area contributed by atoms with E-state index < -0.39 is 0 Å². The largest absolute Gasteiger partial charge is 0.0849 e. The zero-order chi connectivity index (χ0) is 11.3. The van der Waals surface area contributed by atoms with Crippen LogP contribution in [0.2, 0.25) is 0 Å². The molecule has 0 bridgehead atoms. The van der Waals surface area contributed by atoms with Crippen LogP contribution in [0.15, 0.2) is 12.2 Å². The van der Waals surface area contributed by atoms with Crippen LogP contribution in [0.1, 0.15) is 59.8 Å². The molecule has 4 atom stereocenters. The van der Waals surface area contributed by atoms with Gasteiger partial charge in [-0.2, -0.15) is 0 Å². The van der Waals surface area contributed by atoms with Crippen LogP contribution < -0.4 is 0 Å². The third-order valence-corrected chi connectivity index (χ3v) is 4.40. The maximum atomic E-state index is 2.51. The molecule has 0 spiro atoms. The van der Waals surface area contributed by atoms with Crippen molar-refractivity contribution in [2.45, 2.75) is 59.8 Å². The Balaban J connectivity index is 2.46. The number of hydrogen-bond donors (Lipinski definition) is 0. The summed E-state index contributed by atoms with van der Waals surface area (Å²) in [5.74, 6) is 3.46. The molecule has 0 saturated heterocycles. The van der Waals surface area contributed by atoms with Gasteiger partial charge in [0.25, 0.3) is 0 Å². The minimum atomic E-state index is 0.836. The Morgan fingerprint density at radius 2 is 1.47 bits per heavy atom. The molecule has 0 amide bonds. The summed E-state index contributed by atoms with van der Waals surface area (Å²) in [5, 5.41) is 0. The van der Waals surface area contributed by atoms with Gasteiger partial charge in [0, 0.05) is 0 Å². The van der Waals surface area contributed by atoms with Crippen LogP contribution in [-0.4, -0.2) is 0 Å². The summed E-state index contributed by atoms with van der Waals surface area (Å²) in [6.07, 6.45) is 11.9. The van der Waals surface area contributed by atoms with Crippen molar-refractivity contribution in [2.24, 2.45) is 23.7 Å². The summed E-state index contributed by atoms with van der Waals surface area (Å²) in [6.45, 7) is 9.49. The van der Waals surface area contributed by atoms with Crippen LogP contribution in [0, 0.1) is 23.7 Å². The predicted octanol–water partition coefficient (Wildman–Crippen LogP) is 5.05. The van der Waals surface area contributed by atoms with E-state index in [-0.39, 0.29) is 0 Å². The fourth-order valence-electron chi connectivity index (χ4n) is 2.91. The Morgan fingerprint density at radius 3 is 2.07 bits per heavy atom. The van der Waals surface area contributed by atoms with Gasteiger partial charge in [-0.1, -0.05) is 59.1 Å². The first-order valence-electron chi connectivity index (χ1n) is 6.89.